The molecule has 2 saturated carbocycles. The van der Waals surface area contributed by atoms with Crippen LogP contribution in [-0.2, 0) is 9.53 Å². The van der Waals surface area contributed by atoms with Gasteiger partial charge in [-0.2, -0.15) is 0 Å². The number of ketones is 1. The topological polar surface area (TPSA) is 46.5 Å². The molecule has 1 N–H and O–H groups in total. The van der Waals surface area contributed by atoms with Gasteiger partial charge in [-0.3, -0.25) is 4.79 Å². The van der Waals surface area contributed by atoms with Gasteiger partial charge in [0.1, 0.15) is 5.78 Å². The molecule has 130 valence electrons. The van der Waals surface area contributed by atoms with Gasteiger partial charge in [-0.15, -0.1) is 6.58 Å². The molecule has 1 saturated heterocycles. The molecule has 3 heteroatoms. The molecule has 23 heavy (non-hydrogen) atoms. The molecule has 6 atom stereocenters. The Morgan fingerprint density at radius 1 is 1.22 bits per heavy atom. The lowest BCUT2D eigenvalue weighted by Gasteiger charge is -2.65. The standard InChI is InChI=1S/C20H32O3/c1-7-18(4)11-13(21)16-19(5)10-8-9-17(2,3)15(19)14(22)12-20(16,6)23-18/h7,14-16,22H,1,8-12H2,2-6H3. The summed E-state index contributed by atoms with van der Waals surface area (Å²) in [5.41, 5.74) is -1.34. The summed E-state index contributed by atoms with van der Waals surface area (Å²) in [4.78, 5) is 13.2. The molecule has 3 rings (SSSR count). The van der Waals surface area contributed by atoms with Crippen LogP contribution in [-0.4, -0.2) is 28.2 Å². The van der Waals surface area contributed by atoms with Gasteiger partial charge in [0.05, 0.1) is 23.2 Å². The van der Waals surface area contributed by atoms with Gasteiger partial charge >= 0.3 is 0 Å². The normalized spacial score (nSPS) is 52.4. The summed E-state index contributed by atoms with van der Waals surface area (Å²) in [7, 11) is 0. The van der Waals surface area contributed by atoms with E-state index in [2.05, 4.69) is 27.4 Å². The molecule has 0 bridgehead atoms. The summed E-state index contributed by atoms with van der Waals surface area (Å²) in [5.74, 6) is 0.316. The summed E-state index contributed by atoms with van der Waals surface area (Å²) < 4.78 is 6.44. The number of aliphatic hydroxyl groups excluding tert-OH is 1. The molecular weight excluding hydrogens is 288 g/mol. The van der Waals surface area contributed by atoms with E-state index in [1.165, 1.54) is 0 Å². The smallest absolute Gasteiger partial charge is 0.142 e. The molecule has 2 aliphatic carbocycles. The van der Waals surface area contributed by atoms with Gasteiger partial charge in [0.2, 0.25) is 0 Å². The maximum Gasteiger partial charge on any atom is 0.142 e. The quantitative estimate of drug-likeness (QED) is 0.746. The van der Waals surface area contributed by atoms with Crippen LogP contribution in [0.3, 0.4) is 0 Å². The van der Waals surface area contributed by atoms with Crippen molar-refractivity contribution in [3.8, 4) is 0 Å². The van der Waals surface area contributed by atoms with Crippen LogP contribution >= 0.6 is 0 Å². The molecule has 3 fully saturated rings. The zero-order chi connectivity index (χ0) is 17.3. The molecule has 0 amide bonds. The van der Waals surface area contributed by atoms with Crippen LogP contribution in [0.25, 0.3) is 0 Å². The number of rotatable bonds is 1. The van der Waals surface area contributed by atoms with Crippen LogP contribution < -0.4 is 0 Å². The Morgan fingerprint density at radius 2 is 1.87 bits per heavy atom. The first-order valence-electron chi connectivity index (χ1n) is 9.02. The molecule has 3 aliphatic rings. The lowest BCUT2D eigenvalue weighted by atomic mass is 9.43. The van der Waals surface area contributed by atoms with Crippen molar-refractivity contribution >= 4 is 5.78 Å². The average molecular weight is 320 g/mol. The van der Waals surface area contributed by atoms with Crippen molar-refractivity contribution in [3.63, 3.8) is 0 Å². The van der Waals surface area contributed by atoms with E-state index in [0.717, 1.165) is 19.3 Å². The Morgan fingerprint density at radius 3 is 2.48 bits per heavy atom. The summed E-state index contributed by atoms with van der Waals surface area (Å²) in [6, 6.07) is 0. The Hall–Kier alpha value is -0.670. The Kier molecular flexibility index (Phi) is 3.67. The molecule has 0 radical (unpaired) electrons. The maximum atomic E-state index is 13.2. The van der Waals surface area contributed by atoms with Crippen LogP contribution in [0, 0.1) is 22.7 Å². The minimum Gasteiger partial charge on any atom is -0.393 e. The molecule has 1 heterocycles. The second kappa shape index (κ2) is 4.92. The van der Waals surface area contributed by atoms with Gasteiger partial charge in [0, 0.05) is 12.8 Å². The van der Waals surface area contributed by atoms with Crippen LogP contribution in [0.4, 0.5) is 0 Å². The molecule has 0 aromatic heterocycles. The number of fused-ring (bicyclic) bond motifs is 3. The highest BCUT2D eigenvalue weighted by Crippen LogP contribution is 2.64. The molecule has 3 nitrogen and oxygen atoms in total. The monoisotopic (exact) mass is 320 g/mol. The summed E-state index contributed by atoms with van der Waals surface area (Å²) in [6.45, 7) is 14.6. The number of Topliss-reactive ketones (excluding diaryl/α,β-unsaturated/α-hetero) is 1. The summed E-state index contributed by atoms with van der Waals surface area (Å²) in [6.07, 6.45) is 5.50. The van der Waals surface area contributed by atoms with Gasteiger partial charge in [0.15, 0.2) is 0 Å². The number of aliphatic hydroxyl groups is 1. The van der Waals surface area contributed by atoms with Crippen molar-refractivity contribution in [3.05, 3.63) is 12.7 Å². The van der Waals surface area contributed by atoms with Gasteiger partial charge in [-0.1, -0.05) is 33.3 Å². The van der Waals surface area contributed by atoms with Gasteiger partial charge in [0.25, 0.3) is 0 Å². The molecule has 0 aromatic carbocycles. The van der Waals surface area contributed by atoms with Crippen molar-refractivity contribution < 1.29 is 14.6 Å². The number of ether oxygens (including phenoxy) is 1. The Balaban J connectivity index is 2.08. The zero-order valence-electron chi connectivity index (χ0n) is 15.3. The van der Waals surface area contributed by atoms with Crippen molar-refractivity contribution in [2.75, 3.05) is 0 Å². The van der Waals surface area contributed by atoms with Crippen LogP contribution in [0.15, 0.2) is 12.7 Å². The summed E-state index contributed by atoms with van der Waals surface area (Å²) >= 11 is 0. The predicted molar refractivity (Wildman–Crippen MR) is 91.1 cm³/mol. The van der Waals surface area contributed by atoms with Crippen molar-refractivity contribution in [2.45, 2.75) is 84.0 Å². The van der Waals surface area contributed by atoms with E-state index in [9.17, 15) is 9.90 Å². The first-order valence-corrected chi connectivity index (χ1v) is 9.02. The number of hydrogen-bond acceptors (Lipinski definition) is 3. The first-order chi connectivity index (χ1) is 10.5. The second-order valence-electron chi connectivity index (χ2n) is 9.60. The molecule has 0 aromatic rings. The minimum atomic E-state index is -0.616. The molecule has 6 unspecified atom stereocenters. The zero-order valence-corrected chi connectivity index (χ0v) is 15.3. The number of carbonyl (C=O) groups is 1. The fraction of sp³-hybridized carbons (Fsp3) is 0.850. The van der Waals surface area contributed by atoms with Crippen LogP contribution in [0.1, 0.15) is 66.7 Å². The van der Waals surface area contributed by atoms with Gasteiger partial charge in [-0.05, 0) is 43.4 Å². The number of hydrogen-bond donors (Lipinski definition) is 1. The molecular formula is C20H32O3. The lowest BCUT2D eigenvalue weighted by Crippen LogP contribution is -2.69. The maximum absolute atomic E-state index is 13.2. The molecule has 1 aliphatic heterocycles. The summed E-state index contributed by atoms with van der Waals surface area (Å²) in [5, 5.41) is 11.0. The Bertz CT molecular complexity index is 539. The fourth-order valence-corrected chi connectivity index (χ4v) is 6.70. The second-order valence-corrected chi connectivity index (χ2v) is 9.60. The largest absolute Gasteiger partial charge is 0.393 e. The highest BCUT2D eigenvalue weighted by molar-refractivity contribution is 5.85. The van der Waals surface area contributed by atoms with Crippen LogP contribution in [0.5, 0.6) is 0 Å². The van der Waals surface area contributed by atoms with E-state index in [4.69, 9.17) is 4.74 Å². The highest BCUT2D eigenvalue weighted by atomic mass is 16.5. The van der Waals surface area contributed by atoms with E-state index in [-0.39, 0.29) is 22.7 Å². The minimum absolute atomic E-state index is 0.0627. The van der Waals surface area contributed by atoms with Gasteiger partial charge < -0.3 is 9.84 Å². The van der Waals surface area contributed by atoms with E-state index >= 15 is 0 Å². The third-order valence-corrected chi connectivity index (χ3v) is 7.10. The SMILES string of the molecule is C=CC1(C)CC(=O)C2C(C)(CC(O)C3C(C)(C)CCCC32C)O1. The third-order valence-electron chi connectivity index (χ3n) is 7.10. The van der Waals surface area contributed by atoms with E-state index < -0.39 is 17.3 Å². The predicted octanol–water partition coefficient (Wildman–Crippen LogP) is 3.89. The number of carbonyl (C=O) groups excluding carboxylic acids is 1. The van der Waals surface area contributed by atoms with Gasteiger partial charge in [-0.25, -0.2) is 0 Å². The van der Waals surface area contributed by atoms with E-state index in [1.54, 1.807) is 6.08 Å². The first kappa shape index (κ1) is 17.2. The highest BCUT2D eigenvalue weighted by Gasteiger charge is 2.66. The van der Waals surface area contributed by atoms with E-state index in [0.29, 0.717) is 18.6 Å². The Labute approximate surface area is 140 Å². The van der Waals surface area contributed by atoms with Crippen LogP contribution in [0.2, 0.25) is 0 Å². The fourth-order valence-electron chi connectivity index (χ4n) is 6.70. The van der Waals surface area contributed by atoms with Crippen molar-refractivity contribution in [1.29, 1.82) is 0 Å². The molecule has 0 spiro atoms. The van der Waals surface area contributed by atoms with E-state index in [1.807, 2.05) is 13.8 Å². The average Bonchev–Trinajstić information content (AvgIpc) is 2.34. The van der Waals surface area contributed by atoms with Crippen molar-refractivity contribution in [2.24, 2.45) is 22.7 Å². The van der Waals surface area contributed by atoms with Crippen molar-refractivity contribution in [1.82, 2.24) is 0 Å². The third kappa shape index (κ3) is 2.34. The lowest BCUT2D eigenvalue weighted by molar-refractivity contribution is -0.263.